The summed E-state index contributed by atoms with van der Waals surface area (Å²) in [4.78, 5) is 34.8. The lowest BCUT2D eigenvalue weighted by atomic mass is 9.96. The molecule has 2 fully saturated rings. The van der Waals surface area contributed by atoms with Crippen molar-refractivity contribution in [2.45, 2.75) is 57.4 Å². The van der Waals surface area contributed by atoms with Crippen LogP contribution in [-0.4, -0.2) is 35.0 Å². The van der Waals surface area contributed by atoms with Crippen LogP contribution in [0, 0.1) is 5.92 Å². The Morgan fingerprint density at radius 3 is 2.67 bits per heavy atom. The van der Waals surface area contributed by atoms with Gasteiger partial charge in [0.15, 0.2) is 5.82 Å². The molecular weight excluding hydrogens is 340 g/mol. The van der Waals surface area contributed by atoms with Gasteiger partial charge < -0.3 is 15.2 Å². The van der Waals surface area contributed by atoms with Crippen molar-refractivity contribution in [3.05, 3.63) is 34.6 Å². The average molecular weight is 368 g/mol. The van der Waals surface area contributed by atoms with E-state index < -0.39 is 0 Å². The van der Waals surface area contributed by atoms with Crippen LogP contribution in [0.2, 0.25) is 0 Å². The number of carbonyl (C=O) groups excluding carboxylic acids is 1. The number of fused-ring (bicyclic) bond motifs is 1. The zero-order valence-corrected chi connectivity index (χ0v) is 15.7. The van der Waals surface area contributed by atoms with E-state index in [2.05, 4.69) is 15.3 Å². The molecule has 2 heterocycles. The lowest BCUT2D eigenvalue weighted by Crippen LogP contribution is -2.47. The van der Waals surface area contributed by atoms with Gasteiger partial charge in [0.2, 0.25) is 5.91 Å². The molecular formula is C21H28N4O2. The van der Waals surface area contributed by atoms with Crippen LogP contribution in [0.15, 0.2) is 29.1 Å². The number of nitrogens with zero attached hydrogens (tertiary/aromatic N) is 2. The first-order chi connectivity index (χ1) is 13.2. The van der Waals surface area contributed by atoms with E-state index in [0.717, 1.165) is 43.3 Å². The van der Waals surface area contributed by atoms with Crippen molar-refractivity contribution < 1.29 is 4.79 Å². The van der Waals surface area contributed by atoms with Gasteiger partial charge in [-0.3, -0.25) is 9.59 Å². The Morgan fingerprint density at radius 2 is 1.85 bits per heavy atom. The minimum Gasteiger partial charge on any atom is -0.353 e. The maximum Gasteiger partial charge on any atom is 0.291 e. The number of aromatic nitrogens is 2. The van der Waals surface area contributed by atoms with Gasteiger partial charge in [0.1, 0.15) is 0 Å². The van der Waals surface area contributed by atoms with Gasteiger partial charge in [-0.2, -0.15) is 0 Å². The second-order valence-electron chi connectivity index (χ2n) is 7.89. The summed E-state index contributed by atoms with van der Waals surface area (Å²) in [5, 5.41) is 3.27. The maximum absolute atomic E-state index is 12.8. The molecule has 1 aromatic heterocycles. The summed E-state index contributed by atoms with van der Waals surface area (Å²) in [5.74, 6) is 0.499. The van der Waals surface area contributed by atoms with Gasteiger partial charge in [0.05, 0.1) is 17.0 Å². The molecule has 1 atom stereocenters. The van der Waals surface area contributed by atoms with E-state index in [-0.39, 0.29) is 17.4 Å². The predicted molar refractivity (Wildman–Crippen MR) is 107 cm³/mol. The van der Waals surface area contributed by atoms with Gasteiger partial charge in [0.25, 0.3) is 5.56 Å². The van der Waals surface area contributed by atoms with Crippen molar-refractivity contribution in [2.75, 3.05) is 18.0 Å². The fourth-order valence-electron chi connectivity index (χ4n) is 4.36. The van der Waals surface area contributed by atoms with E-state index in [4.69, 9.17) is 0 Å². The number of H-pyrrole nitrogens is 1. The molecule has 1 unspecified atom stereocenters. The SMILES string of the molecule is O=C(NC1CCCCCC1)C1CCCN(c2nc3ccccc3[nH]c2=O)C1. The van der Waals surface area contributed by atoms with Crippen LogP contribution in [0.1, 0.15) is 51.4 Å². The van der Waals surface area contributed by atoms with E-state index in [1.165, 1.54) is 25.7 Å². The molecule has 2 N–H and O–H groups in total. The molecule has 2 aliphatic rings. The number of rotatable bonds is 3. The molecule has 0 radical (unpaired) electrons. The smallest absolute Gasteiger partial charge is 0.291 e. The molecule has 0 spiro atoms. The summed E-state index contributed by atoms with van der Waals surface area (Å²) >= 11 is 0. The number of anilines is 1. The van der Waals surface area contributed by atoms with Crippen molar-refractivity contribution in [3.8, 4) is 0 Å². The van der Waals surface area contributed by atoms with Crippen molar-refractivity contribution in [3.63, 3.8) is 0 Å². The molecule has 1 aromatic carbocycles. The number of carbonyl (C=O) groups is 1. The summed E-state index contributed by atoms with van der Waals surface area (Å²) < 4.78 is 0. The number of para-hydroxylation sites is 2. The lowest BCUT2D eigenvalue weighted by Gasteiger charge is -2.33. The first-order valence-electron chi connectivity index (χ1n) is 10.2. The van der Waals surface area contributed by atoms with Crippen molar-refractivity contribution >= 4 is 22.8 Å². The summed E-state index contributed by atoms with van der Waals surface area (Å²) in [6.45, 7) is 1.33. The van der Waals surface area contributed by atoms with Crippen LogP contribution in [0.5, 0.6) is 0 Å². The van der Waals surface area contributed by atoms with Crippen molar-refractivity contribution in [2.24, 2.45) is 5.92 Å². The van der Waals surface area contributed by atoms with Crippen LogP contribution in [0.3, 0.4) is 0 Å². The first-order valence-corrected chi connectivity index (χ1v) is 10.2. The van der Waals surface area contributed by atoms with Crippen molar-refractivity contribution in [1.29, 1.82) is 0 Å². The molecule has 0 bridgehead atoms. The standard InChI is InChI=1S/C21H28N4O2/c26-20(22-16-9-3-1-2-4-10-16)15-8-7-13-25(14-15)19-21(27)24-18-12-6-5-11-17(18)23-19/h5-6,11-12,15-16H,1-4,7-10,13-14H2,(H,22,26)(H,24,27). The number of aromatic amines is 1. The molecule has 1 aliphatic carbocycles. The van der Waals surface area contributed by atoms with Gasteiger partial charge in [-0.15, -0.1) is 0 Å². The molecule has 1 saturated carbocycles. The Bertz CT molecular complexity index is 855. The van der Waals surface area contributed by atoms with E-state index >= 15 is 0 Å². The number of benzene rings is 1. The third kappa shape index (κ3) is 4.15. The van der Waals surface area contributed by atoms with E-state index in [9.17, 15) is 9.59 Å². The molecule has 6 heteroatoms. The quantitative estimate of drug-likeness (QED) is 0.817. The number of hydrogen-bond donors (Lipinski definition) is 2. The predicted octanol–water partition coefficient (Wildman–Crippen LogP) is 2.98. The summed E-state index contributed by atoms with van der Waals surface area (Å²) in [6.07, 6.45) is 8.93. The third-order valence-electron chi connectivity index (χ3n) is 5.87. The largest absolute Gasteiger partial charge is 0.353 e. The van der Waals surface area contributed by atoms with Crippen LogP contribution >= 0.6 is 0 Å². The average Bonchev–Trinajstić information content (AvgIpc) is 2.96. The van der Waals surface area contributed by atoms with E-state index in [1.54, 1.807) is 0 Å². The Labute approximate surface area is 159 Å². The Hall–Kier alpha value is -2.37. The number of hydrogen-bond acceptors (Lipinski definition) is 4. The molecule has 4 rings (SSSR count). The Morgan fingerprint density at radius 1 is 1.07 bits per heavy atom. The molecule has 6 nitrogen and oxygen atoms in total. The molecule has 2 aromatic rings. The van der Waals surface area contributed by atoms with Crippen molar-refractivity contribution in [1.82, 2.24) is 15.3 Å². The van der Waals surface area contributed by atoms with Gasteiger partial charge in [-0.05, 0) is 37.8 Å². The van der Waals surface area contributed by atoms with E-state index in [1.807, 2.05) is 29.2 Å². The highest BCUT2D eigenvalue weighted by Gasteiger charge is 2.29. The molecule has 1 amide bonds. The summed E-state index contributed by atoms with van der Waals surface area (Å²) in [6, 6.07) is 7.87. The van der Waals surface area contributed by atoms with Crippen LogP contribution < -0.4 is 15.8 Å². The second-order valence-corrected chi connectivity index (χ2v) is 7.89. The third-order valence-corrected chi connectivity index (χ3v) is 5.87. The second kappa shape index (κ2) is 8.11. The monoisotopic (exact) mass is 368 g/mol. The highest BCUT2D eigenvalue weighted by atomic mass is 16.2. The first kappa shape index (κ1) is 18.0. The zero-order valence-electron chi connectivity index (χ0n) is 15.7. The van der Waals surface area contributed by atoms with Gasteiger partial charge >= 0.3 is 0 Å². The normalized spacial score (nSPS) is 21.8. The zero-order chi connectivity index (χ0) is 18.6. The van der Waals surface area contributed by atoms with E-state index in [0.29, 0.717) is 18.4 Å². The highest BCUT2D eigenvalue weighted by Crippen LogP contribution is 2.22. The van der Waals surface area contributed by atoms with Gasteiger partial charge in [-0.1, -0.05) is 37.8 Å². The molecule has 1 saturated heterocycles. The van der Waals surface area contributed by atoms with Crippen LogP contribution in [0.4, 0.5) is 5.82 Å². The van der Waals surface area contributed by atoms with Gasteiger partial charge in [0, 0.05) is 19.1 Å². The molecule has 1 aliphatic heterocycles. The Kier molecular flexibility index (Phi) is 5.41. The topological polar surface area (TPSA) is 78.1 Å². The molecule has 144 valence electrons. The number of piperidine rings is 1. The summed E-state index contributed by atoms with van der Waals surface area (Å²) in [5.41, 5.74) is 1.33. The minimum absolute atomic E-state index is 0.0744. The fraction of sp³-hybridized carbons (Fsp3) is 0.571. The lowest BCUT2D eigenvalue weighted by molar-refractivity contribution is -0.126. The number of amides is 1. The number of nitrogens with one attached hydrogen (secondary N) is 2. The van der Waals surface area contributed by atoms with Crippen LogP contribution in [-0.2, 0) is 4.79 Å². The van der Waals surface area contributed by atoms with Gasteiger partial charge in [-0.25, -0.2) is 4.98 Å². The summed E-state index contributed by atoms with van der Waals surface area (Å²) in [7, 11) is 0. The maximum atomic E-state index is 12.8. The van der Waals surface area contributed by atoms with Crippen LogP contribution in [0.25, 0.3) is 11.0 Å². The molecule has 27 heavy (non-hydrogen) atoms. The Balaban J connectivity index is 1.47. The minimum atomic E-state index is -0.182. The fourth-order valence-corrected chi connectivity index (χ4v) is 4.36. The highest BCUT2D eigenvalue weighted by molar-refractivity contribution is 5.80.